The van der Waals surface area contributed by atoms with Gasteiger partial charge in [0.2, 0.25) is 0 Å². The molecule has 30 heavy (non-hydrogen) atoms. The van der Waals surface area contributed by atoms with Crippen molar-refractivity contribution in [2.45, 2.75) is 13.8 Å². The molecule has 0 aliphatic rings. The Morgan fingerprint density at radius 1 is 0.867 bits per heavy atom. The van der Waals surface area contributed by atoms with Gasteiger partial charge in [0.05, 0.1) is 5.52 Å². The van der Waals surface area contributed by atoms with Crippen LogP contribution < -0.4 is 9.64 Å². The zero-order chi connectivity index (χ0) is 20.9. The fourth-order valence-electron chi connectivity index (χ4n) is 3.39. The Hall–Kier alpha value is -3.66. The van der Waals surface area contributed by atoms with Crippen LogP contribution in [0.15, 0.2) is 91.0 Å². The van der Waals surface area contributed by atoms with Crippen molar-refractivity contribution in [1.29, 1.82) is 0 Å². The summed E-state index contributed by atoms with van der Waals surface area (Å²) in [5.41, 5.74) is 2.99. The predicted octanol–water partition coefficient (Wildman–Crippen LogP) is 6.49. The summed E-state index contributed by atoms with van der Waals surface area (Å²) in [4.78, 5) is 12.0. The smallest absolute Gasteiger partial charge is 0.162 e. The molecular formula is C26H25N3O. The normalized spacial score (nSPS) is 10.7. The third kappa shape index (κ3) is 4.33. The summed E-state index contributed by atoms with van der Waals surface area (Å²) in [6.07, 6.45) is 0. The highest BCUT2D eigenvalue weighted by molar-refractivity contribution is 5.91. The van der Waals surface area contributed by atoms with Crippen molar-refractivity contribution in [3.05, 3.63) is 91.0 Å². The minimum absolute atomic E-state index is 0.704. The SMILES string of the molecule is C=C(C)CN(CC)c1nc(-c2ccc(Oc3ccccc3)cc2)nc2ccccc12. The second-order valence-electron chi connectivity index (χ2n) is 7.30. The van der Waals surface area contributed by atoms with Crippen molar-refractivity contribution < 1.29 is 4.74 Å². The summed E-state index contributed by atoms with van der Waals surface area (Å²) in [5, 5.41) is 1.05. The van der Waals surface area contributed by atoms with Gasteiger partial charge in [-0.3, -0.25) is 0 Å². The van der Waals surface area contributed by atoms with E-state index in [1.807, 2.05) is 79.7 Å². The van der Waals surface area contributed by atoms with Crippen LogP contribution in [0.3, 0.4) is 0 Å². The number of anilines is 1. The lowest BCUT2D eigenvalue weighted by molar-refractivity contribution is 0.483. The van der Waals surface area contributed by atoms with Crippen molar-refractivity contribution >= 4 is 16.7 Å². The molecule has 1 aromatic heterocycles. The van der Waals surface area contributed by atoms with E-state index in [-0.39, 0.29) is 0 Å². The van der Waals surface area contributed by atoms with E-state index >= 15 is 0 Å². The number of rotatable bonds is 7. The zero-order valence-electron chi connectivity index (χ0n) is 17.4. The lowest BCUT2D eigenvalue weighted by Crippen LogP contribution is -2.26. The fraction of sp³-hybridized carbons (Fsp3) is 0.154. The van der Waals surface area contributed by atoms with Gasteiger partial charge in [-0.15, -0.1) is 0 Å². The molecule has 0 unspecified atom stereocenters. The van der Waals surface area contributed by atoms with Crippen LogP contribution in [0.4, 0.5) is 5.82 Å². The summed E-state index contributed by atoms with van der Waals surface area (Å²) in [6, 6.07) is 25.8. The maximum Gasteiger partial charge on any atom is 0.162 e. The molecule has 0 aliphatic heterocycles. The Labute approximate surface area is 177 Å². The average molecular weight is 396 g/mol. The molecule has 0 N–H and O–H groups in total. The van der Waals surface area contributed by atoms with Crippen molar-refractivity contribution in [3.8, 4) is 22.9 Å². The van der Waals surface area contributed by atoms with E-state index in [1.54, 1.807) is 0 Å². The van der Waals surface area contributed by atoms with E-state index in [4.69, 9.17) is 14.7 Å². The molecule has 0 saturated heterocycles. The first-order chi connectivity index (χ1) is 14.6. The van der Waals surface area contributed by atoms with Gasteiger partial charge < -0.3 is 9.64 Å². The molecule has 1 heterocycles. The molecule has 0 aliphatic carbocycles. The first-order valence-corrected chi connectivity index (χ1v) is 10.1. The fourth-order valence-corrected chi connectivity index (χ4v) is 3.39. The van der Waals surface area contributed by atoms with E-state index in [2.05, 4.69) is 24.5 Å². The van der Waals surface area contributed by atoms with Gasteiger partial charge in [0, 0.05) is 24.0 Å². The molecule has 0 atom stereocenters. The number of hydrogen-bond donors (Lipinski definition) is 0. The number of likely N-dealkylation sites (N-methyl/N-ethyl adjacent to an activating group) is 1. The van der Waals surface area contributed by atoms with E-state index in [9.17, 15) is 0 Å². The molecule has 4 nitrogen and oxygen atoms in total. The van der Waals surface area contributed by atoms with Crippen LogP contribution in [0.2, 0.25) is 0 Å². The molecule has 3 aromatic carbocycles. The zero-order valence-corrected chi connectivity index (χ0v) is 17.4. The molecule has 4 rings (SSSR count). The summed E-state index contributed by atoms with van der Waals surface area (Å²) < 4.78 is 5.90. The maximum atomic E-state index is 5.90. The summed E-state index contributed by atoms with van der Waals surface area (Å²) in [6.45, 7) is 9.86. The lowest BCUT2D eigenvalue weighted by atomic mass is 10.1. The van der Waals surface area contributed by atoms with Crippen LogP contribution >= 0.6 is 0 Å². The lowest BCUT2D eigenvalue weighted by Gasteiger charge is -2.24. The first kappa shape index (κ1) is 19.6. The number of hydrogen-bond acceptors (Lipinski definition) is 4. The quantitative estimate of drug-likeness (QED) is 0.335. The molecule has 0 amide bonds. The van der Waals surface area contributed by atoms with Gasteiger partial charge in [-0.25, -0.2) is 9.97 Å². The summed E-state index contributed by atoms with van der Waals surface area (Å²) in [7, 11) is 0. The maximum absolute atomic E-state index is 5.90. The number of fused-ring (bicyclic) bond motifs is 1. The van der Waals surface area contributed by atoms with Gasteiger partial charge in [-0.05, 0) is 62.4 Å². The van der Waals surface area contributed by atoms with Crippen LogP contribution in [0, 0.1) is 0 Å². The number of aromatic nitrogens is 2. The Bertz CT molecular complexity index is 1150. The molecule has 0 spiro atoms. The molecule has 0 bridgehead atoms. The molecule has 0 fully saturated rings. The van der Waals surface area contributed by atoms with Gasteiger partial charge in [0.15, 0.2) is 5.82 Å². The second kappa shape index (κ2) is 8.78. The third-order valence-electron chi connectivity index (χ3n) is 4.82. The Kier molecular flexibility index (Phi) is 5.75. The standard InChI is InChI=1S/C26H25N3O/c1-4-29(18-19(2)3)26-23-12-8-9-13-24(23)27-25(28-26)20-14-16-22(17-15-20)30-21-10-6-5-7-11-21/h5-17H,2,4,18H2,1,3H3. The van der Waals surface area contributed by atoms with Crippen molar-refractivity contribution in [1.82, 2.24) is 9.97 Å². The van der Waals surface area contributed by atoms with Crippen LogP contribution in [0.1, 0.15) is 13.8 Å². The number of ether oxygens (including phenoxy) is 1. The van der Waals surface area contributed by atoms with Gasteiger partial charge in [-0.2, -0.15) is 0 Å². The summed E-state index contributed by atoms with van der Waals surface area (Å²) in [5.74, 6) is 3.23. The minimum atomic E-state index is 0.704. The van der Waals surface area contributed by atoms with E-state index < -0.39 is 0 Å². The van der Waals surface area contributed by atoms with Gasteiger partial charge >= 0.3 is 0 Å². The van der Waals surface area contributed by atoms with Crippen LogP contribution in [0.5, 0.6) is 11.5 Å². The Morgan fingerprint density at radius 2 is 1.53 bits per heavy atom. The average Bonchev–Trinajstić information content (AvgIpc) is 2.78. The van der Waals surface area contributed by atoms with Gasteiger partial charge in [0.1, 0.15) is 17.3 Å². The monoisotopic (exact) mass is 395 g/mol. The molecule has 4 aromatic rings. The highest BCUT2D eigenvalue weighted by Crippen LogP contribution is 2.29. The van der Waals surface area contributed by atoms with Gasteiger partial charge in [-0.1, -0.05) is 42.5 Å². The summed E-state index contributed by atoms with van der Waals surface area (Å²) >= 11 is 0. The van der Waals surface area contributed by atoms with Crippen LogP contribution in [0.25, 0.3) is 22.3 Å². The number of nitrogens with zero attached hydrogens (tertiary/aromatic N) is 3. The Balaban J connectivity index is 1.71. The van der Waals surface area contributed by atoms with E-state index in [0.29, 0.717) is 5.82 Å². The van der Waals surface area contributed by atoms with Crippen molar-refractivity contribution in [2.24, 2.45) is 0 Å². The molecule has 4 heteroatoms. The Morgan fingerprint density at radius 3 is 2.23 bits per heavy atom. The number of benzene rings is 3. The second-order valence-corrected chi connectivity index (χ2v) is 7.30. The molecule has 150 valence electrons. The largest absolute Gasteiger partial charge is 0.457 e. The van der Waals surface area contributed by atoms with Crippen LogP contribution in [-0.2, 0) is 0 Å². The van der Waals surface area contributed by atoms with Gasteiger partial charge in [0.25, 0.3) is 0 Å². The van der Waals surface area contributed by atoms with E-state index in [1.165, 1.54) is 0 Å². The predicted molar refractivity (Wildman–Crippen MR) is 124 cm³/mol. The topological polar surface area (TPSA) is 38.2 Å². The van der Waals surface area contributed by atoms with Crippen molar-refractivity contribution in [2.75, 3.05) is 18.0 Å². The van der Waals surface area contributed by atoms with Crippen molar-refractivity contribution in [3.63, 3.8) is 0 Å². The minimum Gasteiger partial charge on any atom is -0.457 e. The molecular weight excluding hydrogens is 370 g/mol. The molecule has 0 saturated carbocycles. The third-order valence-corrected chi connectivity index (χ3v) is 4.82. The molecule has 0 radical (unpaired) electrons. The van der Waals surface area contributed by atoms with Crippen LogP contribution in [-0.4, -0.2) is 23.1 Å². The number of para-hydroxylation sites is 2. The highest BCUT2D eigenvalue weighted by atomic mass is 16.5. The highest BCUT2D eigenvalue weighted by Gasteiger charge is 2.14. The first-order valence-electron chi connectivity index (χ1n) is 10.1. The van der Waals surface area contributed by atoms with E-state index in [0.717, 1.165) is 52.4 Å².